The van der Waals surface area contributed by atoms with E-state index in [-0.39, 0.29) is 17.9 Å². The van der Waals surface area contributed by atoms with Crippen LogP contribution in [0.25, 0.3) is 0 Å². The van der Waals surface area contributed by atoms with Gasteiger partial charge in [-0.15, -0.1) is 0 Å². The Morgan fingerprint density at radius 1 is 1.08 bits per heavy atom. The summed E-state index contributed by atoms with van der Waals surface area (Å²) in [6.07, 6.45) is 1.72. The van der Waals surface area contributed by atoms with Crippen molar-refractivity contribution < 1.29 is 14.0 Å². The zero-order valence-corrected chi connectivity index (χ0v) is 12.7. The molecule has 5 nitrogen and oxygen atoms in total. The molecule has 1 saturated carbocycles. The standard InChI is InChI=1S/C18H14FN3O2/c19-10-5-8-13-15(9-10)20-17(24)18(13)21-14-4-2-1-3-12(14)16(23)22(18)11-6-7-11/h1-5,8-9,11,21H,6-7H2,(H,20,24)/t18-/m1/s1. The third-order valence-corrected chi connectivity index (χ3v) is 4.91. The Morgan fingerprint density at radius 2 is 1.88 bits per heavy atom. The van der Waals surface area contributed by atoms with Crippen molar-refractivity contribution in [2.45, 2.75) is 24.5 Å². The number of fused-ring (bicyclic) bond motifs is 3. The van der Waals surface area contributed by atoms with Gasteiger partial charge in [-0.25, -0.2) is 4.39 Å². The number of nitrogens with zero attached hydrogens (tertiary/aromatic N) is 1. The van der Waals surface area contributed by atoms with Crippen LogP contribution >= 0.6 is 0 Å². The van der Waals surface area contributed by atoms with Gasteiger partial charge in [-0.05, 0) is 43.2 Å². The van der Waals surface area contributed by atoms with Crippen molar-refractivity contribution in [3.8, 4) is 0 Å². The van der Waals surface area contributed by atoms with Crippen LogP contribution < -0.4 is 10.6 Å². The van der Waals surface area contributed by atoms with Crippen LogP contribution in [0.2, 0.25) is 0 Å². The second kappa shape index (κ2) is 4.35. The molecule has 6 heteroatoms. The molecule has 2 N–H and O–H groups in total. The van der Waals surface area contributed by atoms with Gasteiger partial charge in [0.2, 0.25) is 5.66 Å². The van der Waals surface area contributed by atoms with Gasteiger partial charge in [-0.2, -0.15) is 0 Å². The Balaban J connectivity index is 1.78. The van der Waals surface area contributed by atoms with Gasteiger partial charge in [0.1, 0.15) is 5.82 Å². The van der Waals surface area contributed by atoms with Crippen LogP contribution in [0, 0.1) is 5.82 Å². The van der Waals surface area contributed by atoms with Crippen molar-refractivity contribution in [3.63, 3.8) is 0 Å². The van der Waals surface area contributed by atoms with E-state index in [2.05, 4.69) is 10.6 Å². The molecule has 2 aliphatic heterocycles. The highest BCUT2D eigenvalue weighted by atomic mass is 19.1. The first-order chi connectivity index (χ1) is 11.6. The number of hydrogen-bond acceptors (Lipinski definition) is 3. The number of anilines is 2. The summed E-state index contributed by atoms with van der Waals surface area (Å²) in [4.78, 5) is 27.7. The van der Waals surface area contributed by atoms with E-state index in [0.29, 0.717) is 22.5 Å². The van der Waals surface area contributed by atoms with Crippen LogP contribution in [0.15, 0.2) is 42.5 Å². The average Bonchev–Trinajstić information content (AvgIpc) is 3.35. The number of hydrogen-bond donors (Lipinski definition) is 2. The third kappa shape index (κ3) is 1.57. The SMILES string of the molecule is O=C1c2ccccc2N[C@@]2(C(=O)Nc3cc(F)ccc32)N1C1CC1. The van der Waals surface area contributed by atoms with Crippen LogP contribution in [0.4, 0.5) is 15.8 Å². The zero-order valence-electron chi connectivity index (χ0n) is 12.7. The van der Waals surface area contributed by atoms with Crippen LogP contribution in [-0.2, 0) is 10.5 Å². The highest BCUT2D eigenvalue weighted by Crippen LogP contribution is 2.49. The maximum absolute atomic E-state index is 13.6. The highest BCUT2D eigenvalue weighted by molar-refractivity contribution is 6.14. The number of para-hydroxylation sites is 1. The van der Waals surface area contributed by atoms with Crippen LogP contribution in [-0.4, -0.2) is 22.8 Å². The minimum Gasteiger partial charge on any atom is -0.350 e. The summed E-state index contributed by atoms with van der Waals surface area (Å²) in [6.45, 7) is 0. The monoisotopic (exact) mass is 323 g/mol. The lowest BCUT2D eigenvalue weighted by molar-refractivity contribution is -0.125. The lowest BCUT2D eigenvalue weighted by Crippen LogP contribution is -2.62. The van der Waals surface area contributed by atoms with E-state index in [1.807, 2.05) is 6.07 Å². The molecule has 5 rings (SSSR count). The number of amides is 2. The molecule has 0 aromatic heterocycles. The Morgan fingerprint density at radius 3 is 2.67 bits per heavy atom. The summed E-state index contributed by atoms with van der Waals surface area (Å²) in [5, 5.41) is 6.00. The molecule has 2 aromatic rings. The maximum Gasteiger partial charge on any atom is 0.276 e. The number of nitrogens with one attached hydrogen (secondary N) is 2. The zero-order chi connectivity index (χ0) is 16.5. The molecule has 24 heavy (non-hydrogen) atoms. The van der Waals surface area contributed by atoms with E-state index in [9.17, 15) is 14.0 Å². The predicted molar refractivity (Wildman–Crippen MR) is 86.0 cm³/mol. The summed E-state index contributed by atoms with van der Waals surface area (Å²) in [5.41, 5.74) is 0.856. The summed E-state index contributed by atoms with van der Waals surface area (Å²) >= 11 is 0. The van der Waals surface area contributed by atoms with Crippen molar-refractivity contribution in [1.29, 1.82) is 0 Å². The molecule has 0 bridgehead atoms. The van der Waals surface area contributed by atoms with Crippen molar-refractivity contribution >= 4 is 23.2 Å². The van der Waals surface area contributed by atoms with E-state index >= 15 is 0 Å². The van der Waals surface area contributed by atoms with E-state index in [0.717, 1.165) is 12.8 Å². The van der Waals surface area contributed by atoms with E-state index in [1.165, 1.54) is 12.1 Å². The molecule has 0 unspecified atom stereocenters. The van der Waals surface area contributed by atoms with Gasteiger partial charge >= 0.3 is 0 Å². The quantitative estimate of drug-likeness (QED) is 0.848. The number of carbonyl (C=O) groups is 2. The number of carbonyl (C=O) groups excluding carboxylic acids is 2. The van der Waals surface area contributed by atoms with Gasteiger partial charge in [0, 0.05) is 17.3 Å². The Bertz CT molecular complexity index is 909. The summed E-state index contributed by atoms with van der Waals surface area (Å²) in [6, 6.07) is 11.4. The molecule has 120 valence electrons. The van der Waals surface area contributed by atoms with Gasteiger partial charge in [0.05, 0.1) is 11.3 Å². The minimum atomic E-state index is -1.31. The first-order valence-corrected chi connectivity index (χ1v) is 7.93. The van der Waals surface area contributed by atoms with Crippen molar-refractivity contribution in [2.24, 2.45) is 0 Å². The topological polar surface area (TPSA) is 61.4 Å². The fraction of sp³-hybridized carbons (Fsp3) is 0.222. The molecule has 3 aliphatic rings. The number of rotatable bonds is 1. The van der Waals surface area contributed by atoms with Crippen LogP contribution in [0.1, 0.15) is 28.8 Å². The number of benzene rings is 2. The second-order valence-corrected chi connectivity index (χ2v) is 6.43. The molecule has 1 spiro atoms. The van der Waals surface area contributed by atoms with E-state index in [4.69, 9.17) is 0 Å². The van der Waals surface area contributed by atoms with Gasteiger partial charge in [-0.1, -0.05) is 12.1 Å². The minimum absolute atomic E-state index is 0.0140. The highest BCUT2D eigenvalue weighted by Gasteiger charge is 2.59. The molecule has 0 saturated heterocycles. The second-order valence-electron chi connectivity index (χ2n) is 6.43. The van der Waals surface area contributed by atoms with E-state index in [1.54, 1.807) is 29.2 Å². The first kappa shape index (κ1) is 13.5. The Kier molecular flexibility index (Phi) is 2.45. The first-order valence-electron chi connectivity index (χ1n) is 7.93. The molecular weight excluding hydrogens is 309 g/mol. The molecule has 2 heterocycles. The molecule has 1 atom stereocenters. The van der Waals surface area contributed by atoms with Gasteiger partial charge in [0.25, 0.3) is 11.8 Å². The smallest absolute Gasteiger partial charge is 0.276 e. The summed E-state index contributed by atoms with van der Waals surface area (Å²) < 4.78 is 13.6. The maximum atomic E-state index is 13.6. The van der Waals surface area contributed by atoms with Gasteiger partial charge < -0.3 is 15.5 Å². The molecule has 0 radical (unpaired) electrons. The lowest BCUT2D eigenvalue weighted by Gasteiger charge is -2.44. The fourth-order valence-corrected chi connectivity index (χ4v) is 3.72. The van der Waals surface area contributed by atoms with Gasteiger partial charge in [-0.3, -0.25) is 9.59 Å². The van der Waals surface area contributed by atoms with Crippen LogP contribution in [0.3, 0.4) is 0 Å². The van der Waals surface area contributed by atoms with Gasteiger partial charge in [0.15, 0.2) is 0 Å². The van der Waals surface area contributed by atoms with Crippen molar-refractivity contribution in [2.75, 3.05) is 10.6 Å². The number of halogens is 1. The molecule has 1 aliphatic carbocycles. The largest absolute Gasteiger partial charge is 0.350 e. The Hall–Kier alpha value is -2.89. The molecule has 1 fully saturated rings. The third-order valence-electron chi connectivity index (χ3n) is 4.91. The molecular formula is C18H14FN3O2. The average molecular weight is 323 g/mol. The van der Waals surface area contributed by atoms with Crippen LogP contribution in [0.5, 0.6) is 0 Å². The van der Waals surface area contributed by atoms with Crippen molar-refractivity contribution in [1.82, 2.24) is 4.90 Å². The predicted octanol–water partition coefficient (Wildman–Crippen LogP) is 2.66. The lowest BCUT2D eigenvalue weighted by atomic mass is 9.92. The van der Waals surface area contributed by atoms with Crippen molar-refractivity contribution in [3.05, 3.63) is 59.4 Å². The Labute approximate surface area is 137 Å². The van der Waals surface area contributed by atoms with E-state index < -0.39 is 11.5 Å². The molecule has 2 aromatic carbocycles. The summed E-state index contributed by atoms with van der Waals surface area (Å²) in [7, 11) is 0. The fourth-order valence-electron chi connectivity index (χ4n) is 3.72. The molecule has 2 amide bonds. The normalized spacial score (nSPS) is 24.5. The summed E-state index contributed by atoms with van der Waals surface area (Å²) in [5.74, 6) is -0.941.